The van der Waals surface area contributed by atoms with Crippen LogP contribution >= 0.6 is 0 Å². The number of aryl methyl sites for hydroxylation is 2. The van der Waals surface area contributed by atoms with E-state index >= 15 is 0 Å². The molecule has 1 aromatic carbocycles. The third-order valence-electron chi connectivity index (χ3n) is 3.67. The van der Waals surface area contributed by atoms with Crippen molar-refractivity contribution < 1.29 is 0 Å². The maximum absolute atomic E-state index is 4.41. The number of nitrogens with zero attached hydrogens (tertiary/aromatic N) is 1. The van der Waals surface area contributed by atoms with Gasteiger partial charge in [0.2, 0.25) is 0 Å². The zero-order chi connectivity index (χ0) is 14.2. The van der Waals surface area contributed by atoms with Crippen molar-refractivity contribution in [2.75, 3.05) is 6.54 Å². The Morgan fingerprint density at radius 2 is 1.90 bits per heavy atom. The van der Waals surface area contributed by atoms with E-state index in [1.54, 1.807) is 0 Å². The highest BCUT2D eigenvalue weighted by Crippen LogP contribution is 2.21. The van der Waals surface area contributed by atoms with Gasteiger partial charge in [0.15, 0.2) is 0 Å². The average Bonchev–Trinajstić information content (AvgIpc) is 2.48. The van der Waals surface area contributed by atoms with E-state index in [0.29, 0.717) is 6.04 Å². The second kappa shape index (κ2) is 7.81. The molecule has 0 fully saturated rings. The number of pyridine rings is 1. The summed E-state index contributed by atoms with van der Waals surface area (Å²) in [5, 5.41) is 3.59. The van der Waals surface area contributed by atoms with Crippen LogP contribution < -0.4 is 5.32 Å². The molecule has 0 saturated carbocycles. The van der Waals surface area contributed by atoms with Crippen LogP contribution in [0.1, 0.15) is 42.6 Å². The molecule has 0 radical (unpaired) electrons. The summed E-state index contributed by atoms with van der Waals surface area (Å²) in [5.74, 6) is 0. The van der Waals surface area contributed by atoms with Gasteiger partial charge >= 0.3 is 0 Å². The first kappa shape index (κ1) is 14.7. The van der Waals surface area contributed by atoms with E-state index in [4.69, 9.17) is 0 Å². The number of hydrogen-bond donors (Lipinski definition) is 1. The number of nitrogens with one attached hydrogen (secondary N) is 1. The van der Waals surface area contributed by atoms with Crippen molar-refractivity contribution in [2.45, 2.75) is 39.2 Å². The second-order valence-corrected chi connectivity index (χ2v) is 5.17. The minimum absolute atomic E-state index is 0.414. The Kier molecular flexibility index (Phi) is 5.75. The lowest BCUT2D eigenvalue weighted by Gasteiger charge is -2.19. The standard InChI is InChI=1S/C18H24N2/c1-3-19-18(17-12-8-14-20-15(17)2)13-7-11-16-9-5-4-6-10-16/h4-6,8-10,12,14,18-19H,3,7,11,13H2,1-2H3. The first-order chi connectivity index (χ1) is 9.81. The summed E-state index contributed by atoms with van der Waals surface area (Å²) < 4.78 is 0. The summed E-state index contributed by atoms with van der Waals surface area (Å²) in [6.07, 6.45) is 5.35. The molecule has 20 heavy (non-hydrogen) atoms. The molecule has 1 atom stereocenters. The zero-order valence-electron chi connectivity index (χ0n) is 12.5. The maximum Gasteiger partial charge on any atom is 0.0420 e. The number of benzene rings is 1. The van der Waals surface area contributed by atoms with Crippen molar-refractivity contribution in [1.82, 2.24) is 10.3 Å². The van der Waals surface area contributed by atoms with Gasteiger partial charge in [-0.15, -0.1) is 0 Å². The molecular formula is C18H24N2. The molecule has 2 rings (SSSR count). The molecule has 106 valence electrons. The van der Waals surface area contributed by atoms with Gasteiger partial charge in [0.05, 0.1) is 0 Å². The summed E-state index contributed by atoms with van der Waals surface area (Å²) >= 11 is 0. The molecule has 1 heterocycles. The summed E-state index contributed by atoms with van der Waals surface area (Å²) in [5.41, 5.74) is 3.89. The second-order valence-electron chi connectivity index (χ2n) is 5.17. The van der Waals surface area contributed by atoms with E-state index < -0.39 is 0 Å². The summed E-state index contributed by atoms with van der Waals surface area (Å²) in [4.78, 5) is 4.41. The lowest BCUT2D eigenvalue weighted by molar-refractivity contribution is 0.494. The Morgan fingerprint density at radius 3 is 2.60 bits per heavy atom. The third kappa shape index (κ3) is 4.17. The molecule has 0 spiro atoms. The molecule has 1 unspecified atom stereocenters. The van der Waals surface area contributed by atoms with Gasteiger partial charge in [0, 0.05) is 17.9 Å². The molecule has 0 aliphatic heterocycles. The van der Waals surface area contributed by atoms with Crippen LogP contribution in [-0.2, 0) is 6.42 Å². The van der Waals surface area contributed by atoms with Crippen molar-refractivity contribution in [3.63, 3.8) is 0 Å². The first-order valence-corrected chi connectivity index (χ1v) is 7.50. The predicted molar refractivity (Wildman–Crippen MR) is 84.8 cm³/mol. The van der Waals surface area contributed by atoms with Gasteiger partial charge in [0.1, 0.15) is 0 Å². The molecule has 2 heteroatoms. The molecule has 0 saturated heterocycles. The van der Waals surface area contributed by atoms with Crippen LogP contribution in [0.15, 0.2) is 48.7 Å². The smallest absolute Gasteiger partial charge is 0.0420 e. The molecular weight excluding hydrogens is 244 g/mol. The minimum atomic E-state index is 0.414. The number of rotatable bonds is 7. The van der Waals surface area contributed by atoms with E-state index in [-0.39, 0.29) is 0 Å². The Morgan fingerprint density at radius 1 is 1.10 bits per heavy atom. The minimum Gasteiger partial charge on any atom is -0.310 e. The van der Waals surface area contributed by atoms with Crippen molar-refractivity contribution in [1.29, 1.82) is 0 Å². The molecule has 2 nitrogen and oxygen atoms in total. The third-order valence-corrected chi connectivity index (χ3v) is 3.67. The van der Waals surface area contributed by atoms with Crippen LogP contribution in [0.4, 0.5) is 0 Å². The van der Waals surface area contributed by atoms with E-state index in [0.717, 1.165) is 25.1 Å². The van der Waals surface area contributed by atoms with E-state index in [1.807, 2.05) is 12.3 Å². The van der Waals surface area contributed by atoms with Crippen molar-refractivity contribution in [3.05, 3.63) is 65.5 Å². The maximum atomic E-state index is 4.41. The van der Waals surface area contributed by atoms with Gasteiger partial charge in [-0.05, 0) is 49.9 Å². The molecule has 0 amide bonds. The average molecular weight is 268 g/mol. The monoisotopic (exact) mass is 268 g/mol. The Labute approximate surface area is 122 Å². The number of aromatic nitrogens is 1. The van der Waals surface area contributed by atoms with Crippen LogP contribution in [0, 0.1) is 6.92 Å². The molecule has 0 aliphatic rings. The molecule has 1 aromatic heterocycles. The van der Waals surface area contributed by atoms with Crippen LogP contribution in [-0.4, -0.2) is 11.5 Å². The molecule has 0 bridgehead atoms. The highest BCUT2D eigenvalue weighted by Gasteiger charge is 2.12. The number of hydrogen-bond acceptors (Lipinski definition) is 2. The topological polar surface area (TPSA) is 24.9 Å². The van der Waals surface area contributed by atoms with Crippen molar-refractivity contribution in [3.8, 4) is 0 Å². The SMILES string of the molecule is CCNC(CCCc1ccccc1)c1cccnc1C. The lowest BCUT2D eigenvalue weighted by atomic mass is 9.98. The fraction of sp³-hybridized carbons (Fsp3) is 0.389. The highest BCUT2D eigenvalue weighted by atomic mass is 14.9. The van der Waals surface area contributed by atoms with Crippen molar-refractivity contribution >= 4 is 0 Å². The lowest BCUT2D eigenvalue weighted by Crippen LogP contribution is -2.22. The van der Waals surface area contributed by atoms with E-state index in [9.17, 15) is 0 Å². The predicted octanol–water partition coefficient (Wildman–Crippen LogP) is 4.06. The largest absolute Gasteiger partial charge is 0.310 e. The van der Waals surface area contributed by atoms with Gasteiger partial charge in [-0.1, -0.05) is 43.3 Å². The normalized spacial score (nSPS) is 12.3. The zero-order valence-corrected chi connectivity index (χ0v) is 12.5. The summed E-state index contributed by atoms with van der Waals surface area (Å²) in [6, 6.07) is 15.4. The van der Waals surface area contributed by atoms with Gasteiger partial charge in [-0.3, -0.25) is 4.98 Å². The Bertz CT molecular complexity index is 508. The van der Waals surface area contributed by atoms with Gasteiger partial charge in [-0.2, -0.15) is 0 Å². The van der Waals surface area contributed by atoms with Gasteiger partial charge in [0.25, 0.3) is 0 Å². The summed E-state index contributed by atoms with van der Waals surface area (Å²) in [7, 11) is 0. The fourth-order valence-corrected chi connectivity index (χ4v) is 2.63. The summed E-state index contributed by atoms with van der Waals surface area (Å²) in [6.45, 7) is 5.25. The van der Waals surface area contributed by atoms with Gasteiger partial charge < -0.3 is 5.32 Å². The van der Waals surface area contributed by atoms with Gasteiger partial charge in [-0.25, -0.2) is 0 Å². The van der Waals surface area contributed by atoms with Crippen LogP contribution in [0.5, 0.6) is 0 Å². The Balaban J connectivity index is 1.95. The highest BCUT2D eigenvalue weighted by molar-refractivity contribution is 5.22. The quantitative estimate of drug-likeness (QED) is 0.819. The van der Waals surface area contributed by atoms with Crippen molar-refractivity contribution in [2.24, 2.45) is 0 Å². The fourth-order valence-electron chi connectivity index (χ4n) is 2.63. The Hall–Kier alpha value is -1.67. The van der Waals surface area contributed by atoms with Crippen LogP contribution in [0.2, 0.25) is 0 Å². The van der Waals surface area contributed by atoms with Crippen LogP contribution in [0.25, 0.3) is 0 Å². The first-order valence-electron chi connectivity index (χ1n) is 7.50. The molecule has 2 aromatic rings. The molecule has 1 N–H and O–H groups in total. The van der Waals surface area contributed by atoms with E-state index in [1.165, 1.54) is 17.5 Å². The molecule has 0 aliphatic carbocycles. The van der Waals surface area contributed by atoms with E-state index in [2.05, 4.69) is 60.5 Å². The van der Waals surface area contributed by atoms with Crippen LogP contribution in [0.3, 0.4) is 0 Å².